The van der Waals surface area contributed by atoms with E-state index < -0.39 is 5.60 Å². The highest BCUT2D eigenvalue weighted by Crippen LogP contribution is 2.19. The van der Waals surface area contributed by atoms with Crippen molar-refractivity contribution in [2.24, 2.45) is 0 Å². The molecule has 1 fully saturated rings. The van der Waals surface area contributed by atoms with Crippen molar-refractivity contribution in [3.63, 3.8) is 0 Å². The Morgan fingerprint density at radius 1 is 1.40 bits per heavy atom. The van der Waals surface area contributed by atoms with E-state index in [1.54, 1.807) is 0 Å². The molecule has 1 aliphatic carbocycles. The molecule has 0 heterocycles. The van der Waals surface area contributed by atoms with Crippen LogP contribution in [0.1, 0.15) is 26.2 Å². The molecule has 0 aromatic heterocycles. The first kappa shape index (κ1) is 12.9. The largest absolute Gasteiger partial charge is 0.392 e. The third-order valence-electron chi connectivity index (χ3n) is 2.88. The topological polar surface area (TPSA) is 55.7 Å². The van der Waals surface area contributed by atoms with E-state index in [9.17, 15) is 10.2 Å². The SMILES string of the molecule is CN(C)CC(C)(O)CN[C@@H]1CCC[C@H]1O. The zero-order valence-corrected chi connectivity index (χ0v) is 10.0. The van der Waals surface area contributed by atoms with Crippen LogP contribution in [0, 0.1) is 0 Å². The van der Waals surface area contributed by atoms with Crippen molar-refractivity contribution in [2.45, 2.75) is 43.9 Å². The maximum absolute atomic E-state index is 10.0. The molecular weight excluding hydrogens is 192 g/mol. The molecule has 0 bridgehead atoms. The molecule has 0 saturated heterocycles. The van der Waals surface area contributed by atoms with Crippen LogP contribution >= 0.6 is 0 Å². The smallest absolute Gasteiger partial charge is 0.0869 e. The molecule has 0 aromatic rings. The summed E-state index contributed by atoms with van der Waals surface area (Å²) in [6.07, 6.45) is 2.74. The molecule has 0 spiro atoms. The van der Waals surface area contributed by atoms with Crippen LogP contribution in [0.2, 0.25) is 0 Å². The van der Waals surface area contributed by atoms with Crippen LogP contribution in [0.3, 0.4) is 0 Å². The minimum absolute atomic E-state index is 0.165. The Bertz CT molecular complexity index is 195. The molecule has 90 valence electrons. The van der Waals surface area contributed by atoms with Crippen LogP contribution in [0.4, 0.5) is 0 Å². The van der Waals surface area contributed by atoms with Crippen LogP contribution in [0.15, 0.2) is 0 Å². The van der Waals surface area contributed by atoms with Crippen molar-refractivity contribution in [1.29, 1.82) is 0 Å². The van der Waals surface area contributed by atoms with Gasteiger partial charge in [-0.05, 0) is 40.3 Å². The van der Waals surface area contributed by atoms with Crippen LogP contribution < -0.4 is 5.32 Å². The number of nitrogens with zero attached hydrogens (tertiary/aromatic N) is 1. The van der Waals surface area contributed by atoms with Gasteiger partial charge in [-0.15, -0.1) is 0 Å². The number of hydrogen-bond donors (Lipinski definition) is 3. The highest BCUT2D eigenvalue weighted by Gasteiger charge is 2.28. The summed E-state index contributed by atoms with van der Waals surface area (Å²) in [5, 5.41) is 22.9. The molecule has 1 saturated carbocycles. The van der Waals surface area contributed by atoms with Crippen LogP contribution in [-0.2, 0) is 0 Å². The van der Waals surface area contributed by atoms with Gasteiger partial charge in [-0.25, -0.2) is 0 Å². The van der Waals surface area contributed by atoms with E-state index in [1.165, 1.54) is 0 Å². The standard InChI is InChI=1S/C11H24N2O2/c1-11(15,8-13(2)3)7-12-9-5-4-6-10(9)14/h9-10,12,14-15H,4-8H2,1-3H3/t9-,10-,11?/m1/s1. The van der Waals surface area contributed by atoms with Gasteiger partial charge in [0.15, 0.2) is 0 Å². The minimum atomic E-state index is -0.730. The minimum Gasteiger partial charge on any atom is -0.392 e. The molecule has 4 nitrogen and oxygen atoms in total. The predicted octanol–water partition coefficient (Wildman–Crippen LogP) is -0.198. The van der Waals surface area contributed by atoms with E-state index in [1.807, 2.05) is 25.9 Å². The summed E-state index contributed by atoms with van der Waals surface area (Å²) in [5.41, 5.74) is -0.730. The Hall–Kier alpha value is -0.160. The van der Waals surface area contributed by atoms with Gasteiger partial charge in [-0.3, -0.25) is 0 Å². The number of aliphatic hydroxyl groups is 2. The molecule has 15 heavy (non-hydrogen) atoms. The summed E-state index contributed by atoms with van der Waals surface area (Å²) in [6, 6.07) is 0.165. The third kappa shape index (κ3) is 4.47. The second-order valence-corrected chi connectivity index (χ2v) is 5.22. The van der Waals surface area contributed by atoms with Gasteiger partial charge < -0.3 is 20.4 Å². The molecular formula is C11H24N2O2. The van der Waals surface area contributed by atoms with Crippen molar-refractivity contribution in [2.75, 3.05) is 27.2 Å². The molecule has 3 atom stereocenters. The Morgan fingerprint density at radius 3 is 2.53 bits per heavy atom. The monoisotopic (exact) mass is 216 g/mol. The van der Waals surface area contributed by atoms with Gasteiger partial charge >= 0.3 is 0 Å². The lowest BCUT2D eigenvalue weighted by molar-refractivity contribution is 0.0265. The van der Waals surface area contributed by atoms with Crippen molar-refractivity contribution in [3.05, 3.63) is 0 Å². The van der Waals surface area contributed by atoms with Crippen LogP contribution in [-0.4, -0.2) is 60.0 Å². The summed E-state index contributed by atoms with van der Waals surface area (Å²) >= 11 is 0. The fourth-order valence-electron chi connectivity index (χ4n) is 2.27. The van der Waals surface area contributed by atoms with Gasteiger partial charge in [0.05, 0.1) is 11.7 Å². The molecule has 0 aromatic carbocycles. The average molecular weight is 216 g/mol. The Labute approximate surface area is 92.3 Å². The predicted molar refractivity (Wildman–Crippen MR) is 60.8 cm³/mol. The lowest BCUT2D eigenvalue weighted by Crippen LogP contribution is -2.49. The van der Waals surface area contributed by atoms with Crippen LogP contribution in [0.5, 0.6) is 0 Å². The molecule has 3 N–H and O–H groups in total. The van der Waals surface area contributed by atoms with Crippen molar-refractivity contribution in [3.8, 4) is 0 Å². The van der Waals surface area contributed by atoms with E-state index >= 15 is 0 Å². The third-order valence-corrected chi connectivity index (χ3v) is 2.88. The molecule has 0 radical (unpaired) electrons. The van der Waals surface area contributed by atoms with Gasteiger partial charge in [0.25, 0.3) is 0 Å². The first-order chi connectivity index (χ1) is 6.91. The van der Waals surface area contributed by atoms with Gasteiger partial charge in [-0.1, -0.05) is 0 Å². The maximum Gasteiger partial charge on any atom is 0.0869 e. The Balaban J connectivity index is 2.28. The van der Waals surface area contributed by atoms with Crippen molar-refractivity contribution < 1.29 is 10.2 Å². The fraction of sp³-hybridized carbons (Fsp3) is 1.00. The summed E-state index contributed by atoms with van der Waals surface area (Å²) in [6.45, 7) is 2.98. The number of rotatable bonds is 5. The number of hydrogen-bond acceptors (Lipinski definition) is 4. The molecule has 0 aliphatic heterocycles. The van der Waals surface area contributed by atoms with Gasteiger partial charge in [0.2, 0.25) is 0 Å². The summed E-state index contributed by atoms with van der Waals surface area (Å²) in [7, 11) is 3.89. The Kier molecular flexibility index (Phi) is 4.52. The van der Waals surface area contributed by atoms with E-state index in [4.69, 9.17) is 0 Å². The molecule has 1 aliphatic rings. The van der Waals surface area contributed by atoms with Crippen LogP contribution in [0.25, 0.3) is 0 Å². The second-order valence-electron chi connectivity index (χ2n) is 5.22. The summed E-state index contributed by atoms with van der Waals surface area (Å²) in [5.74, 6) is 0. The van der Waals surface area contributed by atoms with E-state index in [2.05, 4.69) is 5.32 Å². The summed E-state index contributed by atoms with van der Waals surface area (Å²) < 4.78 is 0. The second kappa shape index (κ2) is 5.25. The lowest BCUT2D eigenvalue weighted by Gasteiger charge is -2.29. The lowest BCUT2D eigenvalue weighted by atomic mass is 10.1. The number of nitrogens with one attached hydrogen (secondary N) is 1. The Morgan fingerprint density at radius 2 is 2.07 bits per heavy atom. The highest BCUT2D eigenvalue weighted by atomic mass is 16.3. The highest BCUT2D eigenvalue weighted by molar-refractivity contribution is 4.86. The fourth-order valence-corrected chi connectivity index (χ4v) is 2.27. The first-order valence-corrected chi connectivity index (χ1v) is 5.69. The quantitative estimate of drug-likeness (QED) is 0.596. The zero-order valence-electron chi connectivity index (χ0n) is 10.0. The van der Waals surface area contributed by atoms with Crippen molar-refractivity contribution in [1.82, 2.24) is 10.2 Å². The van der Waals surface area contributed by atoms with Gasteiger partial charge in [0, 0.05) is 19.1 Å². The summed E-state index contributed by atoms with van der Waals surface area (Å²) in [4.78, 5) is 1.97. The number of likely N-dealkylation sites (N-methyl/N-ethyl adjacent to an activating group) is 1. The molecule has 1 unspecified atom stereocenters. The van der Waals surface area contributed by atoms with Gasteiger partial charge in [0.1, 0.15) is 0 Å². The molecule has 0 amide bonds. The van der Waals surface area contributed by atoms with Crippen molar-refractivity contribution >= 4 is 0 Å². The molecule has 1 rings (SSSR count). The van der Waals surface area contributed by atoms with E-state index in [0.29, 0.717) is 13.1 Å². The van der Waals surface area contributed by atoms with Gasteiger partial charge in [-0.2, -0.15) is 0 Å². The van der Waals surface area contributed by atoms with E-state index in [0.717, 1.165) is 19.3 Å². The normalized spacial score (nSPS) is 30.8. The zero-order chi connectivity index (χ0) is 11.5. The number of aliphatic hydroxyl groups excluding tert-OH is 1. The average Bonchev–Trinajstić information content (AvgIpc) is 2.45. The molecule has 4 heteroatoms. The maximum atomic E-state index is 10.0. The first-order valence-electron chi connectivity index (χ1n) is 5.69. The van der Waals surface area contributed by atoms with E-state index in [-0.39, 0.29) is 12.1 Å².